The molecular weight excluding hydrogens is 223 g/mol. The van der Waals surface area contributed by atoms with Gasteiger partial charge in [-0.05, 0) is 11.6 Å². The van der Waals surface area contributed by atoms with Crippen molar-refractivity contribution in [1.82, 2.24) is 0 Å². The van der Waals surface area contributed by atoms with Crippen molar-refractivity contribution in [3.05, 3.63) is 45.8 Å². The summed E-state index contributed by atoms with van der Waals surface area (Å²) < 4.78 is 0.653. The van der Waals surface area contributed by atoms with Gasteiger partial charge in [0.15, 0.2) is 0 Å². The molecule has 0 unspecified atom stereocenters. The maximum Gasteiger partial charge on any atom is 0.112 e. The van der Waals surface area contributed by atoms with Crippen molar-refractivity contribution in [3.8, 4) is 10.4 Å². The first-order valence-electron chi connectivity index (χ1n) is 3.77. The SMILES string of the molecule is Clc1cc(-c2ccccc2)sc1Cl. The van der Waals surface area contributed by atoms with Crippen molar-refractivity contribution >= 4 is 34.5 Å². The zero-order chi connectivity index (χ0) is 9.26. The molecule has 1 heterocycles. The van der Waals surface area contributed by atoms with Crippen LogP contribution >= 0.6 is 34.5 Å². The van der Waals surface area contributed by atoms with Gasteiger partial charge in [-0.1, -0.05) is 53.5 Å². The smallest absolute Gasteiger partial charge is 0.112 e. The third-order valence-corrected chi connectivity index (χ3v) is 3.62. The Bertz CT molecular complexity index is 387. The summed E-state index contributed by atoms with van der Waals surface area (Å²) in [6, 6.07) is 12.0. The lowest BCUT2D eigenvalue weighted by Gasteiger charge is -1.93. The molecule has 1 aromatic carbocycles. The van der Waals surface area contributed by atoms with Crippen molar-refractivity contribution in [2.75, 3.05) is 0 Å². The molecule has 0 saturated carbocycles. The number of halogens is 2. The first-order valence-corrected chi connectivity index (χ1v) is 5.35. The topological polar surface area (TPSA) is 0 Å². The van der Waals surface area contributed by atoms with Crippen LogP contribution in [0.5, 0.6) is 0 Å². The summed E-state index contributed by atoms with van der Waals surface area (Å²) in [5.74, 6) is 0. The highest BCUT2D eigenvalue weighted by Gasteiger charge is 2.05. The third kappa shape index (κ3) is 1.88. The second kappa shape index (κ2) is 3.70. The minimum Gasteiger partial charge on any atom is -0.122 e. The lowest BCUT2D eigenvalue weighted by molar-refractivity contribution is 1.70. The Kier molecular flexibility index (Phi) is 2.58. The van der Waals surface area contributed by atoms with Crippen molar-refractivity contribution in [3.63, 3.8) is 0 Å². The largest absolute Gasteiger partial charge is 0.122 e. The van der Waals surface area contributed by atoms with E-state index in [0.29, 0.717) is 9.36 Å². The van der Waals surface area contributed by atoms with Crippen LogP contribution in [0.4, 0.5) is 0 Å². The van der Waals surface area contributed by atoms with Crippen LogP contribution in [0.25, 0.3) is 10.4 Å². The Morgan fingerprint density at radius 3 is 2.23 bits per heavy atom. The number of hydrogen-bond acceptors (Lipinski definition) is 1. The van der Waals surface area contributed by atoms with E-state index in [0.717, 1.165) is 10.4 Å². The average molecular weight is 229 g/mol. The Hall–Kier alpha value is -0.500. The highest BCUT2D eigenvalue weighted by Crippen LogP contribution is 2.37. The van der Waals surface area contributed by atoms with Crippen LogP contribution in [-0.4, -0.2) is 0 Å². The van der Waals surface area contributed by atoms with Crippen molar-refractivity contribution in [2.45, 2.75) is 0 Å². The van der Waals surface area contributed by atoms with Crippen LogP contribution in [0.2, 0.25) is 9.36 Å². The molecule has 0 saturated heterocycles. The summed E-state index contributed by atoms with van der Waals surface area (Å²) in [6.45, 7) is 0. The van der Waals surface area contributed by atoms with Gasteiger partial charge in [-0.25, -0.2) is 0 Å². The standard InChI is InChI=1S/C10H6Cl2S/c11-8-6-9(13-10(8)12)7-4-2-1-3-5-7/h1-6H. The van der Waals surface area contributed by atoms with E-state index in [4.69, 9.17) is 23.2 Å². The molecule has 2 rings (SSSR count). The fraction of sp³-hybridized carbons (Fsp3) is 0. The zero-order valence-electron chi connectivity index (χ0n) is 6.63. The minimum absolute atomic E-state index is 0.630. The Labute approximate surface area is 90.7 Å². The summed E-state index contributed by atoms with van der Waals surface area (Å²) in [4.78, 5) is 1.11. The molecule has 0 nitrogen and oxygen atoms in total. The number of rotatable bonds is 1. The summed E-state index contributed by atoms with van der Waals surface area (Å²) in [7, 11) is 0. The van der Waals surface area contributed by atoms with E-state index >= 15 is 0 Å². The first kappa shape index (κ1) is 9.07. The Morgan fingerprint density at radius 1 is 1.00 bits per heavy atom. The van der Waals surface area contributed by atoms with Crippen LogP contribution in [-0.2, 0) is 0 Å². The van der Waals surface area contributed by atoms with Gasteiger partial charge in [-0.2, -0.15) is 0 Å². The fourth-order valence-corrected chi connectivity index (χ4v) is 2.46. The minimum atomic E-state index is 0.630. The zero-order valence-corrected chi connectivity index (χ0v) is 8.96. The van der Waals surface area contributed by atoms with Gasteiger partial charge in [0.05, 0.1) is 5.02 Å². The predicted octanol–water partition coefficient (Wildman–Crippen LogP) is 4.72. The van der Waals surface area contributed by atoms with Crippen LogP contribution < -0.4 is 0 Å². The molecule has 0 amide bonds. The quantitative estimate of drug-likeness (QED) is 0.663. The predicted molar refractivity (Wildman–Crippen MR) is 59.8 cm³/mol. The Balaban J connectivity index is 2.48. The molecule has 0 radical (unpaired) electrons. The number of benzene rings is 1. The summed E-state index contributed by atoms with van der Waals surface area (Å²) >= 11 is 13.2. The average Bonchev–Trinajstić information content (AvgIpc) is 2.49. The molecule has 0 aliphatic heterocycles. The highest BCUT2D eigenvalue weighted by atomic mass is 35.5. The molecule has 0 N–H and O–H groups in total. The van der Waals surface area contributed by atoms with Gasteiger partial charge in [0.2, 0.25) is 0 Å². The molecule has 0 bridgehead atoms. The van der Waals surface area contributed by atoms with Gasteiger partial charge in [0.1, 0.15) is 4.34 Å². The molecule has 3 heteroatoms. The van der Waals surface area contributed by atoms with Crippen LogP contribution in [0.1, 0.15) is 0 Å². The third-order valence-electron chi connectivity index (χ3n) is 1.70. The van der Waals surface area contributed by atoms with E-state index in [1.54, 1.807) is 0 Å². The first-order chi connectivity index (χ1) is 6.27. The lowest BCUT2D eigenvalue weighted by atomic mass is 10.2. The van der Waals surface area contributed by atoms with E-state index in [9.17, 15) is 0 Å². The van der Waals surface area contributed by atoms with Gasteiger partial charge in [0.25, 0.3) is 0 Å². The lowest BCUT2D eigenvalue weighted by Crippen LogP contribution is -1.67. The second-order valence-electron chi connectivity index (χ2n) is 2.60. The van der Waals surface area contributed by atoms with E-state index in [2.05, 4.69) is 0 Å². The van der Waals surface area contributed by atoms with Gasteiger partial charge >= 0.3 is 0 Å². The summed E-state index contributed by atoms with van der Waals surface area (Å²) in [5.41, 5.74) is 1.15. The molecular formula is C10H6Cl2S. The summed E-state index contributed by atoms with van der Waals surface area (Å²) in [5, 5.41) is 0.630. The van der Waals surface area contributed by atoms with Crippen molar-refractivity contribution < 1.29 is 0 Å². The maximum atomic E-state index is 5.87. The number of thiophene rings is 1. The molecule has 2 aromatic rings. The molecule has 0 atom stereocenters. The number of hydrogen-bond donors (Lipinski definition) is 0. The molecule has 1 aromatic heterocycles. The van der Waals surface area contributed by atoms with E-state index in [-0.39, 0.29) is 0 Å². The molecule has 0 aliphatic carbocycles. The van der Waals surface area contributed by atoms with E-state index < -0.39 is 0 Å². The van der Waals surface area contributed by atoms with Crippen LogP contribution in [0, 0.1) is 0 Å². The van der Waals surface area contributed by atoms with Gasteiger partial charge in [-0.3, -0.25) is 0 Å². The molecule has 0 aliphatic rings. The fourth-order valence-electron chi connectivity index (χ4n) is 1.09. The monoisotopic (exact) mass is 228 g/mol. The van der Waals surface area contributed by atoms with E-state index in [1.165, 1.54) is 11.3 Å². The normalized spacial score (nSPS) is 10.3. The van der Waals surface area contributed by atoms with Gasteiger partial charge < -0.3 is 0 Å². The molecule has 0 spiro atoms. The second-order valence-corrected chi connectivity index (χ2v) is 4.66. The summed E-state index contributed by atoms with van der Waals surface area (Å²) in [6.07, 6.45) is 0. The molecule has 66 valence electrons. The van der Waals surface area contributed by atoms with Crippen LogP contribution in [0.3, 0.4) is 0 Å². The van der Waals surface area contributed by atoms with Gasteiger partial charge in [0, 0.05) is 4.88 Å². The Morgan fingerprint density at radius 2 is 1.69 bits per heavy atom. The highest BCUT2D eigenvalue weighted by molar-refractivity contribution is 7.20. The molecule has 0 fully saturated rings. The van der Waals surface area contributed by atoms with Gasteiger partial charge in [-0.15, -0.1) is 11.3 Å². The maximum absolute atomic E-state index is 5.87. The van der Waals surface area contributed by atoms with Crippen LogP contribution in [0.15, 0.2) is 36.4 Å². The van der Waals surface area contributed by atoms with E-state index in [1.807, 2.05) is 36.4 Å². The molecule has 13 heavy (non-hydrogen) atoms. The van der Waals surface area contributed by atoms with Crippen molar-refractivity contribution in [1.29, 1.82) is 0 Å². The van der Waals surface area contributed by atoms with Crippen molar-refractivity contribution in [2.24, 2.45) is 0 Å².